The van der Waals surface area contributed by atoms with Crippen molar-refractivity contribution in [1.82, 2.24) is 0 Å². The van der Waals surface area contributed by atoms with Crippen molar-refractivity contribution in [2.24, 2.45) is 40.4 Å². The monoisotopic (exact) mass is 384 g/mol. The molecule has 0 bridgehead atoms. The molecule has 27 heavy (non-hydrogen) atoms. The SMILES string of the molecule is C[C@]12CCC3[C@@H](CC[C@@H]4CC5(CC[C@]34C)CO5)C1CCC2CCC(F)(F)F. The van der Waals surface area contributed by atoms with Gasteiger partial charge in [-0.1, -0.05) is 13.8 Å². The minimum Gasteiger partial charge on any atom is -0.370 e. The molecule has 4 heteroatoms. The van der Waals surface area contributed by atoms with Gasteiger partial charge in [-0.2, -0.15) is 13.2 Å². The van der Waals surface area contributed by atoms with E-state index >= 15 is 0 Å². The van der Waals surface area contributed by atoms with Crippen LogP contribution >= 0.6 is 0 Å². The second-order valence-corrected chi connectivity index (χ2v) is 11.3. The van der Waals surface area contributed by atoms with Gasteiger partial charge < -0.3 is 4.74 Å². The van der Waals surface area contributed by atoms with Crippen molar-refractivity contribution in [3.8, 4) is 0 Å². The van der Waals surface area contributed by atoms with E-state index < -0.39 is 12.6 Å². The van der Waals surface area contributed by atoms with Gasteiger partial charge in [-0.05, 0) is 105 Å². The third-order valence-electron chi connectivity index (χ3n) is 10.3. The maximum absolute atomic E-state index is 12.8. The van der Waals surface area contributed by atoms with Crippen LogP contribution in [0.25, 0.3) is 0 Å². The summed E-state index contributed by atoms with van der Waals surface area (Å²) in [5.41, 5.74) is 0.854. The van der Waals surface area contributed by atoms with Gasteiger partial charge in [-0.15, -0.1) is 0 Å². The lowest BCUT2D eigenvalue weighted by atomic mass is 9.44. The Hall–Kier alpha value is -0.250. The first-order chi connectivity index (χ1) is 12.7. The molecule has 5 rings (SSSR count). The van der Waals surface area contributed by atoms with Gasteiger partial charge in [0.1, 0.15) is 0 Å². The van der Waals surface area contributed by atoms with Gasteiger partial charge in [0.15, 0.2) is 0 Å². The van der Waals surface area contributed by atoms with Crippen LogP contribution in [0.2, 0.25) is 0 Å². The number of epoxide rings is 1. The molecule has 0 radical (unpaired) electrons. The molecule has 0 amide bonds. The predicted octanol–water partition coefficient (Wildman–Crippen LogP) is 6.76. The first kappa shape index (κ1) is 18.8. The molecular formula is C23H35F3O. The van der Waals surface area contributed by atoms with E-state index in [9.17, 15) is 13.2 Å². The third-order valence-corrected chi connectivity index (χ3v) is 10.3. The van der Waals surface area contributed by atoms with Gasteiger partial charge in [0.25, 0.3) is 0 Å². The van der Waals surface area contributed by atoms with Gasteiger partial charge in [0, 0.05) is 6.42 Å². The molecule has 0 N–H and O–H groups in total. The number of hydrogen-bond acceptors (Lipinski definition) is 1. The Morgan fingerprint density at radius 1 is 0.889 bits per heavy atom. The van der Waals surface area contributed by atoms with Gasteiger partial charge in [-0.3, -0.25) is 0 Å². The molecule has 1 saturated heterocycles. The molecule has 4 aliphatic carbocycles. The molecule has 4 saturated carbocycles. The summed E-state index contributed by atoms with van der Waals surface area (Å²) in [5, 5.41) is 0. The Balaban J connectivity index is 1.33. The normalized spacial score (nSPS) is 54.3. The van der Waals surface area contributed by atoms with E-state index in [-0.39, 0.29) is 16.9 Å². The van der Waals surface area contributed by atoms with E-state index in [0.29, 0.717) is 17.8 Å². The molecule has 0 aromatic rings. The lowest BCUT2D eigenvalue weighted by Gasteiger charge is -2.61. The fourth-order valence-corrected chi connectivity index (χ4v) is 8.59. The van der Waals surface area contributed by atoms with Crippen LogP contribution in [-0.2, 0) is 4.74 Å². The quantitative estimate of drug-likeness (QED) is 0.479. The molecule has 5 aliphatic rings. The second kappa shape index (κ2) is 5.89. The minimum absolute atomic E-state index is 0.158. The fraction of sp³-hybridized carbons (Fsp3) is 1.00. The first-order valence-corrected chi connectivity index (χ1v) is 11.4. The van der Waals surface area contributed by atoms with Crippen LogP contribution in [-0.4, -0.2) is 18.4 Å². The van der Waals surface area contributed by atoms with Crippen LogP contribution in [0.3, 0.4) is 0 Å². The number of hydrogen-bond donors (Lipinski definition) is 0. The molecule has 1 spiro atoms. The molecule has 8 atom stereocenters. The predicted molar refractivity (Wildman–Crippen MR) is 99.2 cm³/mol. The average Bonchev–Trinajstić information content (AvgIpc) is 3.26. The van der Waals surface area contributed by atoms with Crippen molar-refractivity contribution in [2.45, 2.75) is 96.3 Å². The van der Waals surface area contributed by atoms with E-state index in [4.69, 9.17) is 4.74 Å². The summed E-state index contributed by atoms with van der Waals surface area (Å²) in [6.07, 6.45) is 6.82. The summed E-state index contributed by atoms with van der Waals surface area (Å²) in [6, 6.07) is 0. The second-order valence-electron chi connectivity index (χ2n) is 11.3. The maximum Gasteiger partial charge on any atom is 0.389 e. The zero-order chi connectivity index (χ0) is 19.1. The number of rotatable bonds is 2. The van der Waals surface area contributed by atoms with E-state index in [2.05, 4.69) is 13.8 Å². The van der Waals surface area contributed by atoms with Crippen molar-refractivity contribution < 1.29 is 17.9 Å². The van der Waals surface area contributed by atoms with Gasteiger partial charge in [0.2, 0.25) is 0 Å². The highest BCUT2D eigenvalue weighted by Gasteiger charge is 2.63. The van der Waals surface area contributed by atoms with E-state index in [1.54, 1.807) is 0 Å². The molecule has 1 nitrogen and oxygen atoms in total. The lowest BCUT2D eigenvalue weighted by Crippen LogP contribution is -2.54. The third kappa shape index (κ3) is 2.90. The summed E-state index contributed by atoms with van der Waals surface area (Å²) in [4.78, 5) is 0. The van der Waals surface area contributed by atoms with Crippen molar-refractivity contribution in [1.29, 1.82) is 0 Å². The molecule has 1 aliphatic heterocycles. The van der Waals surface area contributed by atoms with Gasteiger partial charge in [-0.25, -0.2) is 0 Å². The zero-order valence-corrected chi connectivity index (χ0v) is 16.9. The van der Waals surface area contributed by atoms with Crippen LogP contribution in [0.5, 0.6) is 0 Å². The molecule has 4 unspecified atom stereocenters. The smallest absolute Gasteiger partial charge is 0.370 e. The van der Waals surface area contributed by atoms with Crippen molar-refractivity contribution in [3.63, 3.8) is 0 Å². The molecule has 154 valence electrons. The maximum atomic E-state index is 12.8. The van der Waals surface area contributed by atoms with Gasteiger partial charge in [0.05, 0.1) is 12.2 Å². The molecule has 0 aromatic heterocycles. The van der Waals surface area contributed by atoms with Crippen molar-refractivity contribution in [3.05, 3.63) is 0 Å². The van der Waals surface area contributed by atoms with Crippen LogP contribution < -0.4 is 0 Å². The van der Waals surface area contributed by atoms with Crippen molar-refractivity contribution >= 4 is 0 Å². The number of halogens is 3. The summed E-state index contributed by atoms with van der Waals surface area (Å²) in [6.45, 7) is 5.89. The Morgan fingerprint density at radius 2 is 1.63 bits per heavy atom. The lowest BCUT2D eigenvalue weighted by molar-refractivity contribution is -0.144. The molecule has 5 fully saturated rings. The van der Waals surface area contributed by atoms with Gasteiger partial charge >= 0.3 is 6.18 Å². The van der Waals surface area contributed by atoms with Crippen LogP contribution in [0.15, 0.2) is 0 Å². The Labute approximate surface area is 161 Å². The van der Waals surface area contributed by atoms with Crippen LogP contribution in [0, 0.1) is 40.4 Å². The summed E-state index contributed by atoms with van der Waals surface area (Å²) in [5.74, 6) is 3.31. The molecule has 1 heterocycles. The highest BCUT2D eigenvalue weighted by Crippen LogP contribution is 2.69. The standard InChI is InChI=1S/C23H35F3O/c1-20-9-8-19-17(18(20)6-4-15(20)7-10-23(24,25)26)5-3-16-13-22(14-27-22)12-11-21(16,19)2/h15-19H,3-14H2,1-2H3/t15?,16-,17+,18?,19?,20-,21+,22?/m1/s1. The summed E-state index contributed by atoms with van der Waals surface area (Å²) >= 11 is 0. The highest BCUT2D eigenvalue weighted by atomic mass is 19.4. The van der Waals surface area contributed by atoms with E-state index in [0.717, 1.165) is 37.2 Å². The minimum atomic E-state index is -4.00. The summed E-state index contributed by atoms with van der Waals surface area (Å²) in [7, 11) is 0. The zero-order valence-electron chi connectivity index (χ0n) is 16.9. The number of alkyl halides is 3. The number of fused-ring (bicyclic) bond motifs is 5. The number of ether oxygens (including phenoxy) is 1. The highest BCUT2D eigenvalue weighted by molar-refractivity contribution is 5.12. The topological polar surface area (TPSA) is 12.5 Å². The van der Waals surface area contributed by atoms with E-state index in [1.807, 2.05) is 0 Å². The first-order valence-electron chi connectivity index (χ1n) is 11.4. The van der Waals surface area contributed by atoms with E-state index in [1.165, 1.54) is 44.9 Å². The Morgan fingerprint density at radius 3 is 2.33 bits per heavy atom. The van der Waals surface area contributed by atoms with Crippen LogP contribution in [0.4, 0.5) is 13.2 Å². The molecular weight excluding hydrogens is 349 g/mol. The Kier molecular flexibility index (Phi) is 4.09. The summed E-state index contributed by atoms with van der Waals surface area (Å²) < 4.78 is 44.3. The van der Waals surface area contributed by atoms with Crippen molar-refractivity contribution in [2.75, 3.05) is 6.61 Å². The molecule has 0 aromatic carbocycles. The van der Waals surface area contributed by atoms with Crippen LogP contribution in [0.1, 0.15) is 84.5 Å². The fourth-order valence-electron chi connectivity index (χ4n) is 8.59. The Bertz CT molecular complexity index is 597. The average molecular weight is 385 g/mol. The largest absolute Gasteiger partial charge is 0.389 e.